The standard InChI is InChI=1S/C15H15NO4/c17-13(18)7-4-8-16-10-12(14(19)15(16)20)9-11-5-2-1-3-6-11/h1-3,5-6,9H,4,7-8,10H2,(H,17,18)/p-1/b12-9+. The van der Waals surface area contributed by atoms with Crippen molar-refractivity contribution in [3.05, 3.63) is 41.5 Å². The average molecular weight is 272 g/mol. The number of ketones is 1. The Balaban J connectivity index is 2.03. The van der Waals surface area contributed by atoms with E-state index < -0.39 is 17.7 Å². The van der Waals surface area contributed by atoms with Gasteiger partial charge in [0.15, 0.2) is 0 Å². The number of amides is 1. The zero-order valence-electron chi connectivity index (χ0n) is 10.9. The van der Waals surface area contributed by atoms with E-state index in [-0.39, 0.29) is 19.5 Å². The molecule has 1 heterocycles. The molecule has 1 saturated heterocycles. The van der Waals surface area contributed by atoms with Gasteiger partial charge in [0.1, 0.15) is 0 Å². The van der Waals surface area contributed by atoms with Crippen molar-refractivity contribution in [3.63, 3.8) is 0 Å². The van der Waals surface area contributed by atoms with Gasteiger partial charge in [0.25, 0.3) is 5.91 Å². The molecule has 0 saturated carbocycles. The number of likely N-dealkylation sites (tertiary alicyclic amines) is 1. The first kappa shape index (κ1) is 14.0. The largest absolute Gasteiger partial charge is 0.550 e. The van der Waals surface area contributed by atoms with Crippen molar-refractivity contribution in [3.8, 4) is 0 Å². The topological polar surface area (TPSA) is 77.5 Å². The Morgan fingerprint density at radius 3 is 2.60 bits per heavy atom. The average Bonchev–Trinajstić information content (AvgIpc) is 2.68. The summed E-state index contributed by atoms with van der Waals surface area (Å²) in [5.74, 6) is -2.23. The molecule has 0 N–H and O–H groups in total. The lowest BCUT2D eigenvalue weighted by Gasteiger charge is -2.13. The lowest BCUT2D eigenvalue weighted by atomic mass is 10.1. The third-order valence-electron chi connectivity index (χ3n) is 3.08. The zero-order chi connectivity index (χ0) is 14.5. The van der Waals surface area contributed by atoms with Gasteiger partial charge in [0, 0.05) is 18.1 Å². The molecule has 0 aromatic heterocycles. The van der Waals surface area contributed by atoms with Crippen LogP contribution in [0.1, 0.15) is 18.4 Å². The van der Waals surface area contributed by atoms with Crippen LogP contribution >= 0.6 is 0 Å². The number of Topliss-reactive ketones (excluding diaryl/α,β-unsaturated/α-hetero) is 1. The van der Waals surface area contributed by atoms with Crippen molar-refractivity contribution in [2.24, 2.45) is 0 Å². The number of aliphatic carboxylic acids is 1. The zero-order valence-corrected chi connectivity index (χ0v) is 10.9. The van der Waals surface area contributed by atoms with E-state index in [9.17, 15) is 19.5 Å². The van der Waals surface area contributed by atoms with Crippen LogP contribution in [-0.4, -0.2) is 35.6 Å². The van der Waals surface area contributed by atoms with Crippen molar-refractivity contribution >= 4 is 23.7 Å². The summed E-state index contributed by atoms with van der Waals surface area (Å²) in [6, 6.07) is 9.28. The van der Waals surface area contributed by atoms with Gasteiger partial charge < -0.3 is 14.8 Å². The first-order valence-electron chi connectivity index (χ1n) is 6.37. The summed E-state index contributed by atoms with van der Waals surface area (Å²) in [7, 11) is 0. The van der Waals surface area contributed by atoms with E-state index in [1.165, 1.54) is 4.90 Å². The molecule has 0 aliphatic carbocycles. The number of rotatable bonds is 5. The van der Waals surface area contributed by atoms with E-state index in [0.717, 1.165) is 5.56 Å². The number of nitrogens with zero attached hydrogens (tertiary/aromatic N) is 1. The third-order valence-corrected chi connectivity index (χ3v) is 3.08. The van der Waals surface area contributed by atoms with Gasteiger partial charge in [-0.05, 0) is 24.5 Å². The maximum atomic E-state index is 11.8. The van der Waals surface area contributed by atoms with Gasteiger partial charge in [0.05, 0.1) is 6.54 Å². The number of carbonyl (C=O) groups excluding carboxylic acids is 3. The summed E-state index contributed by atoms with van der Waals surface area (Å²) in [4.78, 5) is 35.3. The minimum Gasteiger partial charge on any atom is -0.550 e. The third kappa shape index (κ3) is 3.32. The number of hydrogen-bond donors (Lipinski definition) is 0. The highest BCUT2D eigenvalue weighted by Gasteiger charge is 2.33. The van der Waals surface area contributed by atoms with Crippen LogP contribution in [-0.2, 0) is 14.4 Å². The minimum atomic E-state index is -1.15. The SMILES string of the molecule is O=C([O-])CCCN1C/C(=C\c2ccccc2)C(=O)C1=O. The molecule has 1 aliphatic heterocycles. The summed E-state index contributed by atoms with van der Waals surface area (Å²) in [5.41, 5.74) is 1.30. The molecule has 0 atom stereocenters. The molecule has 1 fully saturated rings. The van der Waals surface area contributed by atoms with Crippen LogP contribution in [0.2, 0.25) is 0 Å². The predicted octanol–water partition coefficient (Wildman–Crippen LogP) is 0.0114. The number of hydrogen-bond acceptors (Lipinski definition) is 4. The van der Waals surface area contributed by atoms with E-state index >= 15 is 0 Å². The van der Waals surface area contributed by atoms with Crippen LogP contribution in [0.25, 0.3) is 6.08 Å². The molecule has 1 aromatic carbocycles. The highest BCUT2D eigenvalue weighted by molar-refractivity contribution is 6.45. The number of benzene rings is 1. The molecule has 1 aliphatic rings. The fourth-order valence-corrected chi connectivity index (χ4v) is 2.09. The Morgan fingerprint density at radius 2 is 1.95 bits per heavy atom. The molecule has 5 heteroatoms. The molecule has 0 bridgehead atoms. The molecule has 1 amide bonds. The maximum absolute atomic E-state index is 11.8. The molecule has 0 unspecified atom stereocenters. The van der Waals surface area contributed by atoms with Crippen LogP contribution in [0, 0.1) is 0 Å². The normalized spacial score (nSPS) is 17.0. The Hall–Kier alpha value is -2.43. The van der Waals surface area contributed by atoms with Gasteiger partial charge in [-0.15, -0.1) is 0 Å². The second kappa shape index (κ2) is 6.14. The molecule has 104 valence electrons. The summed E-state index contributed by atoms with van der Waals surface area (Å²) >= 11 is 0. The Morgan fingerprint density at radius 1 is 1.25 bits per heavy atom. The second-order valence-electron chi connectivity index (χ2n) is 4.61. The predicted molar refractivity (Wildman–Crippen MR) is 70.2 cm³/mol. The first-order chi connectivity index (χ1) is 9.58. The monoisotopic (exact) mass is 272 g/mol. The van der Waals surface area contributed by atoms with Crippen molar-refractivity contribution in [2.45, 2.75) is 12.8 Å². The molecule has 5 nitrogen and oxygen atoms in total. The molecule has 2 rings (SSSR count). The van der Waals surface area contributed by atoms with Gasteiger partial charge in [0.2, 0.25) is 5.78 Å². The lowest BCUT2D eigenvalue weighted by molar-refractivity contribution is -0.305. The summed E-state index contributed by atoms with van der Waals surface area (Å²) in [5, 5.41) is 10.3. The van der Waals surface area contributed by atoms with Crippen LogP contribution in [0.5, 0.6) is 0 Å². The number of carbonyl (C=O) groups is 3. The van der Waals surface area contributed by atoms with Gasteiger partial charge in [-0.25, -0.2) is 0 Å². The maximum Gasteiger partial charge on any atom is 0.294 e. The summed E-state index contributed by atoms with van der Waals surface area (Å²) < 4.78 is 0. The quantitative estimate of drug-likeness (QED) is 0.559. The van der Waals surface area contributed by atoms with Crippen molar-refractivity contribution in [1.82, 2.24) is 4.90 Å². The molecular formula is C15H14NO4-. The van der Waals surface area contributed by atoms with Crippen molar-refractivity contribution in [2.75, 3.05) is 13.1 Å². The van der Waals surface area contributed by atoms with Crippen LogP contribution < -0.4 is 5.11 Å². The molecular weight excluding hydrogens is 258 g/mol. The van der Waals surface area contributed by atoms with Crippen molar-refractivity contribution < 1.29 is 19.5 Å². The molecule has 0 spiro atoms. The van der Waals surface area contributed by atoms with Crippen molar-refractivity contribution in [1.29, 1.82) is 0 Å². The van der Waals surface area contributed by atoms with E-state index in [4.69, 9.17) is 0 Å². The van der Waals surface area contributed by atoms with Gasteiger partial charge in [-0.3, -0.25) is 9.59 Å². The first-order valence-corrected chi connectivity index (χ1v) is 6.37. The van der Waals surface area contributed by atoms with Gasteiger partial charge in [-0.2, -0.15) is 0 Å². The lowest BCUT2D eigenvalue weighted by Crippen LogP contribution is -2.30. The highest BCUT2D eigenvalue weighted by Crippen LogP contribution is 2.17. The smallest absolute Gasteiger partial charge is 0.294 e. The fourth-order valence-electron chi connectivity index (χ4n) is 2.09. The van der Waals surface area contributed by atoms with Gasteiger partial charge in [-0.1, -0.05) is 30.3 Å². The summed E-state index contributed by atoms with van der Waals surface area (Å²) in [6.45, 7) is 0.490. The van der Waals surface area contributed by atoms with E-state index in [1.807, 2.05) is 30.3 Å². The Kier molecular flexibility index (Phi) is 4.30. The summed E-state index contributed by atoms with van der Waals surface area (Å²) in [6.07, 6.45) is 1.87. The molecule has 20 heavy (non-hydrogen) atoms. The molecule has 0 radical (unpaired) electrons. The van der Waals surface area contributed by atoms with Crippen LogP contribution in [0.3, 0.4) is 0 Å². The van der Waals surface area contributed by atoms with E-state index in [0.29, 0.717) is 12.0 Å². The van der Waals surface area contributed by atoms with Crippen LogP contribution in [0.4, 0.5) is 0 Å². The second-order valence-corrected chi connectivity index (χ2v) is 4.61. The van der Waals surface area contributed by atoms with E-state index in [2.05, 4.69) is 0 Å². The number of carboxylic acids is 1. The number of carboxylic acid groups (broad SMARTS) is 1. The van der Waals surface area contributed by atoms with Crippen LogP contribution in [0.15, 0.2) is 35.9 Å². The Labute approximate surface area is 116 Å². The van der Waals surface area contributed by atoms with Gasteiger partial charge >= 0.3 is 0 Å². The highest BCUT2D eigenvalue weighted by atomic mass is 16.4. The van der Waals surface area contributed by atoms with E-state index in [1.54, 1.807) is 6.08 Å². The fraction of sp³-hybridized carbons (Fsp3) is 0.267. The minimum absolute atomic E-state index is 0.115. The molecule has 1 aromatic rings. The Bertz CT molecular complexity index is 562.